The highest BCUT2D eigenvalue weighted by Crippen LogP contribution is 2.20. The van der Waals surface area contributed by atoms with Crippen molar-refractivity contribution in [3.05, 3.63) is 0 Å². The fraction of sp³-hybridized carbons (Fsp3) is 1.00. The van der Waals surface area contributed by atoms with Crippen LogP contribution in [0.1, 0.15) is 20.8 Å². The van der Waals surface area contributed by atoms with Crippen LogP contribution in [0.2, 0.25) is 5.31 Å². The van der Waals surface area contributed by atoms with Crippen LogP contribution in [0.15, 0.2) is 0 Å². The van der Waals surface area contributed by atoms with Gasteiger partial charge in [-0.3, -0.25) is 0 Å². The zero-order valence-corrected chi connectivity index (χ0v) is 8.14. The van der Waals surface area contributed by atoms with Crippen molar-refractivity contribution in [1.29, 1.82) is 0 Å². The molecule has 0 fully saturated rings. The summed E-state index contributed by atoms with van der Waals surface area (Å²) in [6.07, 6.45) is 0. The van der Waals surface area contributed by atoms with Crippen LogP contribution in [-0.2, 0) is 9.47 Å². The second-order valence-electron chi connectivity index (χ2n) is 3.44. The molecule has 0 aromatic heterocycles. The summed E-state index contributed by atoms with van der Waals surface area (Å²) in [7, 11) is 2.15. The van der Waals surface area contributed by atoms with E-state index in [0.29, 0.717) is 0 Å². The topological polar surface area (TPSA) is 18.5 Å². The van der Waals surface area contributed by atoms with Crippen molar-refractivity contribution in [3.8, 4) is 0 Å². The summed E-state index contributed by atoms with van der Waals surface area (Å²) in [6, 6.07) is 0. The van der Waals surface area contributed by atoms with Crippen LogP contribution in [0, 0.1) is 0 Å². The van der Waals surface area contributed by atoms with Gasteiger partial charge in [-0.25, -0.2) is 0 Å². The standard InChI is InChI=1S/C8H19BO2/c1-4-10-6-8(3,9)7-11-5-2/h4-7,9H2,1-3H3. The molecule has 0 rings (SSSR count). The third kappa shape index (κ3) is 6.39. The van der Waals surface area contributed by atoms with E-state index in [9.17, 15) is 0 Å². The van der Waals surface area contributed by atoms with E-state index in [1.807, 2.05) is 13.8 Å². The van der Waals surface area contributed by atoms with Crippen LogP contribution < -0.4 is 0 Å². The van der Waals surface area contributed by atoms with E-state index in [1.54, 1.807) is 0 Å². The molecule has 3 heteroatoms. The SMILES string of the molecule is BC(C)(COCC)COCC. The summed E-state index contributed by atoms with van der Waals surface area (Å²) in [5.41, 5.74) is 0. The van der Waals surface area contributed by atoms with Crippen LogP contribution >= 0.6 is 0 Å². The molecule has 0 heterocycles. The van der Waals surface area contributed by atoms with Gasteiger partial charge in [-0.2, -0.15) is 0 Å². The van der Waals surface area contributed by atoms with Crippen molar-refractivity contribution >= 4 is 7.85 Å². The Hall–Kier alpha value is -0.0151. The summed E-state index contributed by atoms with van der Waals surface area (Å²) >= 11 is 0. The van der Waals surface area contributed by atoms with Crippen LogP contribution in [0.3, 0.4) is 0 Å². The van der Waals surface area contributed by atoms with Crippen molar-refractivity contribution in [1.82, 2.24) is 0 Å². The van der Waals surface area contributed by atoms with Crippen molar-refractivity contribution in [2.24, 2.45) is 0 Å². The summed E-state index contributed by atoms with van der Waals surface area (Å²) < 4.78 is 10.6. The lowest BCUT2D eigenvalue weighted by atomic mass is 9.72. The normalized spacial score (nSPS) is 11.9. The molecule has 0 aliphatic rings. The molecule has 0 amide bonds. The molecule has 0 aromatic carbocycles. The van der Waals surface area contributed by atoms with Gasteiger partial charge in [-0.15, -0.1) is 0 Å². The van der Waals surface area contributed by atoms with Gasteiger partial charge in [-0.05, 0) is 19.2 Å². The van der Waals surface area contributed by atoms with Crippen LogP contribution in [0.25, 0.3) is 0 Å². The van der Waals surface area contributed by atoms with Gasteiger partial charge in [0.25, 0.3) is 0 Å². The molecule has 0 saturated carbocycles. The molecule has 0 aromatic rings. The largest absolute Gasteiger partial charge is 0.382 e. The first-order chi connectivity index (χ1) is 5.12. The van der Waals surface area contributed by atoms with Gasteiger partial charge in [0.15, 0.2) is 0 Å². The minimum absolute atomic E-state index is 0.159. The molecule has 0 saturated heterocycles. The third-order valence-electron chi connectivity index (χ3n) is 1.39. The predicted octanol–water partition coefficient (Wildman–Crippen LogP) is 0.871. The zero-order chi connectivity index (χ0) is 8.74. The van der Waals surface area contributed by atoms with E-state index in [1.165, 1.54) is 0 Å². The Morgan fingerprint density at radius 2 is 1.45 bits per heavy atom. The van der Waals surface area contributed by atoms with Crippen LogP contribution in [-0.4, -0.2) is 34.3 Å². The molecule has 0 radical (unpaired) electrons. The van der Waals surface area contributed by atoms with Gasteiger partial charge in [-0.1, -0.05) is 6.92 Å². The Balaban J connectivity index is 3.43. The maximum atomic E-state index is 5.32. The molecule has 0 aliphatic heterocycles. The first kappa shape index (κ1) is 11.0. The van der Waals surface area contributed by atoms with Crippen LogP contribution in [0.5, 0.6) is 0 Å². The van der Waals surface area contributed by atoms with Crippen molar-refractivity contribution in [3.63, 3.8) is 0 Å². The summed E-state index contributed by atoms with van der Waals surface area (Å²) in [5.74, 6) is 0. The average molecular weight is 158 g/mol. The van der Waals surface area contributed by atoms with Gasteiger partial charge in [0.05, 0.1) is 0 Å². The van der Waals surface area contributed by atoms with Crippen molar-refractivity contribution in [2.45, 2.75) is 26.1 Å². The minimum atomic E-state index is 0.159. The van der Waals surface area contributed by atoms with E-state index in [2.05, 4.69) is 14.8 Å². The Bertz CT molecular complexity index is 84.1. The molecule has 0 atom stereocenters. The summed E-state index contributed by atoms with van der Waals surface area (Å²) in [6.45, 7) is 9.31. The van der Waals surface area contributed by atoms with E-state index in [-0.39, 0.29) is 5.31 Å². The van der Waals surface area contributed by atoms with E-state index < -0.39 is 0 Å². The lowest BCUT2D eigenvalue weighted by molar-refractivity contribution is 0.0634. The first-order valence-electron chi connectivity index (χ1n) is 4.28. The first-order valence-corrected chi connectivity index (χ1v) is 4.28. The highest BCUT2D eigenvalue weighted by molar-refractivity contribution is 6.15. The van der Waals surface area contributed by atoms with E-state index >= 15 is 0 Å². The van der Waals surface area contributed by atoms with Gasteiger partial charge in [0.2, 0.25) is 0 Å². The monoisotopic (exact) mass is 158 g/mol. The van der Waals surface area contributed by atoms with E-state index in [4.69, 9.17) is 9.47 Å². The van der Waals surface area contributed by atoms with Gasteiger partial charge in [0, 0.05) is 26.4 Å². The number of hydrogen-bond acceptors (Lipinski definition) is 2. The van der Waals surface area contributed by atoms with Crippen molar-refractivity contribution < 1.29 is 9.47 Å². The minimum Gasteiger partial charge on any atom is -0.382 e. The van der Waals surface area contributed by atoms with Crippen molar-refractivity contribution in [2.75, 3.05) is 26.4 Å². The fourth-order valence-electron chi connectivity index (χ4n) is 0.798. The number of hydrogen-bond donors (Lipinski definition) is 0. The maximum absolute atomic E-state index is 5.32. The quantitative estimate of drug-likeness (QED) is 0.534. The molecule has 66 valence electrons. The Morgan fingerprint density at radius 1 is 1.09 bits per heavy atom. The van der Waals surface area contributed by atoms with Crippen LogP contribution in [0.4, 0.5) is 0 Å². The number of rotatable bonds is 6. The highest BCUT2D eigenvalue weighted by Gasteiger charge is 2.17. The Morgan fingerprint density at radius 3 is 1.73 bits per heavy atom. The molecular formula is C8H19BO2. The molecule has 11 heavy (non-hydrogen) atoms. The molecule has 0 bridgehead atoms. The highest BCUT2D eigenvalue weighted by atomic mass is 16.5. The molecule has 0 spiro atoms. The van der Waals surface area contributed by atoms with Gasteiger partial charge >= 0.3 is 0 Å². The van der Waals surface area contributed by atoms with Gasteiger partial charge < -0.3 is 9.47 Å². The van der Waals surface area contributed by atoms with E-state index in [0.717, 1.165) is 26.4 Å². The second kappa shape index (κ2) is 5.61. The predicted molar refractivity (Wildman–Crippen MR) is 49.9 cm³/mol. The molecule has 2 nitrogen and oxygen atoms in total. The molecule has 0 aliphatic carbocycles. The molecular weight excluding hydrogens is 139 g/mol. The lowest BCUT2D eigenvalue weighted by Crippen LogP contribution is -2.22. The average Bonchev–Trinajstić information content (AvgIpc) is 1.97. The Kier molecular flexibility index (Phi) is 5.60. The summed E-state index contributed by atoms with van der Waals surface area (Å²) in [4.78, 5) is 0. The lowest BCUT2D eigenvalue weighted by Gasteiger charge is -2.23. The maximum Gasteiger partial charge on any atom is 0.115 e. The number of ether oxygens (including phenoxy) is 2. The summed E-state index contributed by atoms with van der Waals surface area (Å²) in [5, 5.41) is 0.159. The second-order valence-corrected chi connectivity index (χ2v) is 3.44. The third-order valence-corrected chi connectivity index (χ3v) is 1.39. The Labute approximate surface area is 70.7 Å². The van der Waals surface area contributed by atoms with Gasteiger partial charge in [0.1, 0.15) is 7.85 Å². The fourth-order valence-corrected chi connectivity index (χ4v) is 0.798. The molecule has 0 unspecified atom stereocenters. The smallest absolute Gasteiger partial charge is 0.115 e. The molecule has 0 N–H and O–H groups in total. The zero-order valence-electron chi connectivity index (χ0n) is 8.14.